The molecule has 0 bridgehead atoms. The Hall–Kier alpha value is -0.750. The van der Waals surface area contributed by atoms with Gasteiger partial charge in [-0.2, -0.15) is 8.78 Å². The van der Waals surface area contributed by atoms with Crippen molar-refractivity contribution in [2.75, 3.05) is 13.7 Å². The number of carbonyl (C=O) groups excluding carboxylic acids is 1. The quantitative estimate of drug-likeness (QED) is 0.770. The Bertz CT molecular complexity index is 283. The van der Waals surface area contributed by atoms with E-state index in [1.165, 1.54) is 14.0 Å². The van der Waals surface area contributed by atoms with Crippen LogP contribution in [0.1, 0.15) is 32.6 Å². The summed E-state index contributed by atoms with van der Waals surface area (Å²) in [5.41, 5.74) is -2.47. The molecule has 17 heavy (non-hydrogen) atoms. The SMILES string of the molecule is CCOC(=O)C(F)(F)C1(O)CCCCC1OC. The van der Waals surface area contributed by atoms with Crippen LogP contribution in [0, 0.1) is 0 Å². The fourth-order valence-corrected chi connectivity index (χ4v) is 2.19. The summed E-state index contributed by atoms with van der Waals surface area (Å²) in [4.78, 5) is 11.2. The summed E-state index contributed by atoms with van der Waals surface area (Å²) in [6, 6.07) is 0. The molecule has 1 aliphatic carbocycles. The monoisotopic (exact) mass is 252 g/mol. The van der Waals surface area contributed by atoms with Gasteiger partial charge in [-0.25, -0.2) is 4.79 Å². The molecule has 1 saturated carbocycles. The molecule has 0 amide bonds. The average Bonchev–Trinajstić information content (AvgIpc) is 2.29. The molecule has 1 fully saturated rings. The summed E-state index contributed by atoms with van der Waals surface area (Å²) in [5.74, 6) is -5.63. The molecule has 0 aromatic heterocycles. The molecule has 100 valence electrons. The molecule has 6 heteroatoms. The van der Waals surface area contributed by atoms with Crippen molar-refractivity contribution < 1.29 is 28.2 Å². The predicted octanol–water partition coefficient (Wildman–Crippen LogP) is 1.50. The lowest BCUT2D eigenvalue weighted by atomic mass is 9.77. The second-order valence-corrected chi connectivity index (χ2v) is 4.19. The van der Waals surface area contributed by atoms with E-state index in [-0.39, 0.29) is 13.0 Å². The van der Waals surface area contributed by atoms with Crippen LogP contribution in [0.5, 0.6) is 0 Å². The summed E-state index contributed by atoms with van der Waals surface area (Å²) in [7, 11) is 1.25. The number of rotatable bonds is 4. The lowest BCUT2D eigenvalue weighted by Crippen LogP contribution is -2.62. The van der Waals surface area contributed by atoms with Crippen LogP contribution in [0.2, 0.25) is 0 Å². The number of ether oxygens (including phenoxy) is 2. The first-order chi connectivity index (χ1) is 7.90. The molecular weight excluding hydrogens is 234 g/mol. The van der Waals surface area contributed by atoms with E-state index >= 15 is 0 Å². The number of hydrogen-bond donors (Lipinski definition) is 1. The molecule has 1 rings (SSSR count). The largest absolute Gasteiger partial charge is 0.461 e. The average molecular weight is 252 g/mol. The van der Waals surface area contributed by atoms with Gasteiger partial charge in [-0.15, -0.1) is 0 Å². The maximum atomic E-state index is 13.9. The molecule has 0 spiro atoms. The van der Waals surface area contributed by atoms with Gasteiger partial charge in [0.2, 0.25) is 0 Å². The van der Waals surface area contributed by atoms with Crippen molar-refractivity contribution in [3.8, 4) is 0 Å². The van der Waals surface area contributed by atoms with Crippen LogP contribution < -0.4 is 0 Å². The fourth-order valence-electron chi connectivity index (χ4n) is 2.19. The molecule has 0 aliphatic heterocycles. The predicted molar refractivity (Wildman–Crippen MR) is 55.8 cm³/mol. The number of alkyl halides is 2. The zero-order valence-electron chi connectivity index (χ0n) is 10.0. The van der Waals surface area contributed by atoms with E-state index in [0.29, 0.717) is 19.3 Å². The third-order valence-electron chi connectivity index (χ3n) is 3.17. The highest BCUT2D eigenvalue weighted by molar-refractivity contribution is 5.79. The number of aliphatic hydroxyl groups is 1. The highest BCUT2D eigenvalue weighted by atomic mass is 19.3. The maximum Gasteiger partial charge on any atom is 0.380 e. The van der Waals surface area contributed by atoms with E-state index in [0.717, 1.165) is 0 Å². The first-order valence-electron chi connectivity index (χ1n) is 5.70. The van der Waals surface area contributed by atoms with Gasteiger partial charge < -0.3 is 14.6 Å². The Labute approximate surface area is 98.9 Å². The normalized spacial score (nSPS) is 30.1. The van der Waals surface area contributed by atoms with Crippen molar-refractivity contribution in [1.82, 2.24) is 0 Å². The Morgan fingerprint density at radius 1 is 1.53 bits per heavy atom. The van der Waals surface area contributed by atoms with E-state index in [1.54, 1.807) is 0 Å². The lowest BCUT2D eigenvalue weighted by Gasteiger charge is -2.42. The van der Waals surface area contributed by atoms with Crippen molar-refractivity contribution in [2.24, 2.45) is 0 Å². The molecule has 1 aliphatic rings. The molecule has 0 aromatic rings. The van der Waals surface area contributed by atoms with Crippen molar-refractivity contribution in [3.05, 3.63) is 0 Å². The van der Waals surface area contributed by atoms with Crippen LogP contribution in [0.4, 0.5) is 8.78 Å². The summed E-state index contributed by atoms with van der Waals surface area (Å²) < 4.78 is 37.0. The van der Waals surface area contributed by atoms with Crippen LogP contribution >= 0.6 is 0 Å². The standard InChI is InChI=1S/C11H18F2O4/c1-3-17-9(14)11(12,13)10(15)7-5-4-6-8(10)16-2/h8,15H,3-7H2,1-2H3. The van der Waals surface area contributed by atoms with E-state index in [4.69, 9.17) is 4.74 Å². The van der Waals surface area contributed by atoms with Gasteiger partial charge in [0.15, 0.2) is 5.60 Å². The van der Waals surface area contributed by atoms with Crippen molar-refractivity contribution >= 4 is 5.97 Å². The molecule has 0 radical (unpaired) electrons. The number of carbonyl (C=O) groups is 1. The second kappa shape index (κ2) is 5.27. The Morgan fingerprint density at radius 2 is 2.18 bits per heavy atom. The van der Waals surface area contributed by atoms with Crippen molar-refractivity contribution in [3.63, 3.8) is 0 Å². The molecule has 2 unspecified atom stereocenters. The summed E-state index contributed by atoms with van der Waals surface area (Å²) >= 11 is 0. The summed E-state index contributed by atoms with van der Waals surface area (Å²) in [6.07, 6.45) is 0.223. The van der Waals surface area contributed by atoms with E-state index in [1.807, 2.05) is 0 Å². The van der Waals surface area contributed by atoms with Gasteiger partial charge in [-0.05, 0) is 19.8 Å². The van der Waals surface area contributed by atoms with Crippen molar-refractivity contribution in [2.45, 2.75) is 50.2 Å². The number of methoxy groups -OCH3 is 1. The van der Waals surface area contributed by atoms with Gasteiger partial charge >= 0.3 is 11.9 Å². The fraction of sp³-hybridized carbons (Fsp3) is 0.909. The maximum absolute atomic E-state index is 13.9. The van der Waals surface area contributed by atoms with Gasteiger partial charge in [-0.1, -0.05) is 12.8 Å². The zero-order valence-corrected chi connectivity index (χ0v) is 10.0. The van der Waals surface area contributed by atoms with E-state index in [9.17, 15) is 18.7 Å². The summed E-state index contributed by atoms with van der Waals surface area (Å²) in [6.45, 7) is 1.29. The Kier molecular flexibility index (Phi) is 4.43. The van der Waals surface area contributed by atoms with Crippen LogP contribution in [-0.4, -0.2) is 42.4 Å². The van der Waals surface area contributed by atoms with Gasteiger partial charge in [0.25, 0.3) is 0 Å². The van der Waals surface area contributed by atoms with E-state index < -0.39 is 23.6 Å². The minimum atomic E-state index is -3.94. The third kappa shape index (κ3) is 2.42. The molecule has 0 aromatic carbocycles. The van der Waals surface area contributed by atoms with Gasteiger partial charge in [0.1, 0.15) is 0 Å². The number of hydrogen-bond acceptors (Lipinski definition) is 4. The smallest absolute Gasteiger partial charge is 0.380 e. The first kappa shape index (κ1) is 14.3. The highest BCUT2D eigenvalue weighted by Crippen LogP contribution is 2.42. The number of esters is 1. The molecular formula is C11H18F2O4. The van der Waals surface area contributed by atoms with Gasteiger partial charge in [0.05, 0.1) is 12.7 Å². The minimum Gasteiger partial charge on any atom is -0.461 e. The molecule has 1 N–H and O–H groups in total. The highest BCUT2D eigenvalue weighted by Gasteiger charge is 2.64. The third-order valence-corrected chi connectivity index (χ3v) is 3.17. The van der Waals surface area contributed by atoms with Gasteiger partial charge in [-0.3, -0.25) is 0 Å². The first-order valence-corrected chi connectivity index (χ1v) is 5.70. The topological polar surface area (TPSA) is 55.8 Å². The van der Waals surface area contributed by atoms with E-state index in [2.05, 4.69) is 4.74 Å². The molecule has 0 saturated heterocycles. The lowest BCUT2D eigenvalue weighted by molar-refractivity contribution is -0.250. The summed E-state index contributed by atoms with van der Waals surface area (Å²) in [5, 5.41) is 10.1. The van der Waals surface area contributed by atoms with Crippen LogP contribution in [0.3, 0.4) is 0 Å². The Balaban J connectivity index is 2.95. The molecule has 4 nitrogen and oxygen atoms in total. The van der Waals surface area contributed by atoms with Crippen LogP contribution in [0.15, 0.2) is 0 Å². The van der Waals surface area contributed by atoms with Crippen molar-refractivity contribution in [1.29, 1.82) is 0 Å². The second-order valence-electron chi connectivity index (χ2n) is 4.19. The van der Waals surface area contributed by atoms with Crippen LogP contribution in [0.25, 0.3) is 0 Å². The molecule has 2 atom stereocenters. The number of halogens is 2. The molecule has 0 heterocycles. The van der Waals surface area contributed by atoms with Gasteiger partial charge in [0, 0.05) is 7.11 Å². The minimum absolute atomic E-state index is 0.151. The van der Waals surface area contributed by atoms with Crippen LogP contribution in [-0.2, 0) is 14.3 Å². The zero-order chi connectivity index (χ0) is 13.1. The Morgan fingerprint density at radius 3 is 2.71 bits per heavy atom.